The van der Waals surface area contributed by atoms with E-state index in [-0.39, 0.29) is 32.7 Å². The first-order valence-electron chi connectivity index (χ1n) is 10.3. The fourth-order valence-electron chi connectivity index (χ4n) is 4.34. The molecule has 0 aliphatic carbocycles. The summed E-state index contributed by atoms with van der Waals surface area (Å²) in [5.41, 5.74) is 3.94. The van der Waals surface area contributed by atoms with E-state index in [1.807, 2.05) is 0 Å². The van der Waals surface area contributed by atoms with Gasteiger partial charge >= 0.3 is 0 Å². The Morgan fingerprint density at radius 1 is 0.778 bits per heavy atom. The zero-order chi connectivity index (χ0) is 18.2. The summed E-state index contributed by atoms with van der Waals surface area (Å²) < 4.78 is 7.47. The third-order valence-electron chi connectivity index (χ3n) is 5.85. The summed E-state index contributed by atoms with van der Waals surface area (Å²) >= 11 is 0. The zero-order valence-corrected chi connectivity index (χ0v) is 20.0. The molecule has 0 spiro atoms. The van der Waals surface area contributed by atoms with Crippen LogP contribution in [0.2, 0.25) is 0 Å². The van der Waals surface area contributed by atoms with Crippen LogP contribution >= 0.6 is 0 Å². The van der Waals surface area contributed by atoms with Crippen LogP contribution in [-0.4, -0.2) is 30.7 Å². The maximum Gasteiger partial charge on any atom is 0.137 e. The minimum atomic E-state index is 0. The summed E-state index contributed by atoms with van der Waals surface area (Å²) in [6.45, 7) is 9.90. The van der Waals surface area contributed by atoms with E-state index in [9.17, 15) is 0 Å². The number of nitrogens with zero attached hydrogens (tertiary/aromatic N) is 1. The van der Waals surface area contributed by atoms with Crippen molar-refractivity contribution in [3.63, 3.8) is 0 Å². The van der Waals surface area contributed by atoms with Gasteiger partial charge in [0, 0.05) is 38.3 Å². The molecule has 3 heteroatoms. The Balaban J connectivity index is 0.00000261. The predicted molar refractivity (Wildman–Crippen MR) is 110 cm³/mol. The number of quaternary nitrogens is 1. The standard InChI is InChI=1S/C24H34NO.Y/c1-21-12-11-13-22(2)24(21)26-19-18-25(16-9-4-3-5-10-17-25)20-23-14-7-6-8-15-23;/h6-8,11-15H,3-5,9-10,16-20H2,1-2H3;/q+1;. The normalized spacial score (nSPS) is 16.7. The predicted octanol–water partition coefficient (Wildman–Crippen LogP) is 5.66. The van der Waals surface area contributed by atoms with Gasteiger partial charge in [0.15, 0.2) is 0 Å². The summed E-state index contributed by atoms with van der Waals surface area (Å²) in [6.07, 6.45) is 6.86. The number of likely N-dealkylation sites (tertiary alicyclic amines) is 1. The van der Waals surface area contributed by atoms with Gasteiger partial charge in [-0.05, 0) is 50.7 Å². The van der Waals surface area contributed by atoms with Crippen molar-refractivity contribution in [2.45, 2.75) is 52.5 Å². The number of aryl methyl sites for hydroxylation is 2. The zero-order valence-electron chi connectivity index (χ0n) is 17.1. The number of hydrogen-bond donors (Lipinski definition) is 0. The van der Waals surface area contributed by atoms with Gasteiger partial charge in [-0.3, -0.25) is 0 Å². The summed E-state index contributed by atoms with van der Waals surface area (Å²) in [6, 6.07) is 17.4. The number of hydrogen-bond acceptors (Lipinski definition) is 1. The minimum absolute atomic E-state index is 0. The van der Waals surface area contributed by atoms with Gasteiger partial charge in [-0.2, -0.15) is 0 Å². The molecule has 0 amide bonds. The van der Waals surface area contributed by atoms with Gasteiger partial charge in [0.2, 0.25) is 0 Å². The van der Waals surface area contributed by atoms with Crippen LogP contribution in [0.5, 0.6) is 5.75 Å². The van der Waals surface area contributed by atoms with Crippen LogP contribution in [0.25, 0.3) is 0 Å². The van der Waals surface area contributed by atoms with E-state index in [2.05, 4.69) is 62.4 Å². The van der Waals surface area contributed by atoms with Crippen molar-refractivity contribution in [1.29, 1.82) is 0 Å². The molecule has 0 aromatic heterocycles. The van der Waals surface area contributed by atoms with Gasteiger partial charge in [0.1, 0.15) is 25.4 Å². The van der Waals surface area contributed by atoms with Crippen LogP contribution in [0, 0.1) is 13.8 Å². The third-order valence-corrected chi connectivity index (χ3v) is 5.85. The number of benzene rings is 2. The Morgan fingerprint density at radius 3 is 2.00 bits per heavy atom. The Kier molecular flexibility index (Phi) is 9.49. The van der Waals surface area contributed by atoms with Crippen molar-refractivity contribution >= 4 is 0 Å². The molecule has 0 saturated carbocycles. The van der Waals surface area contributed by atoms with Crippen molar-refractivity contribution in [2.24, 2.45) is 0 Å². The van der Waals surface area contributed by atoms with E-state index in [1.165, 1.54) is 66.4 Å². The van der Waals surface area contributed by atoms with Crippen LogP contribution in [0.3, 0.4) is 0 Å². The van der Waals surface area contributed by atoms with Crippen molar-refractivity contribution in [1.82, 2.24) is 0 Å². The molecule has 143 valence electrons. The average Bonchev–Trinajstić information content (AvgIpc) is 2.62. The summed E-state index contributed by atoms with van der Waals surface area (Å²) in [4.78, 5) is 0. The Hall–Kier alpha value is -0.696. The summed E-state index contributed by atoms with van der Waals surface area (Å²) in [7, 11) is 0. The summed E-state index contributed by atoms with van der Waals surface area (Å²) in [5.74, 6) is 1.08. The topological polar surface area (TPSA) is 9.23 Å². The number of ether oxygens (including phenoxy) is 1. The van der Waals surface area contributed by atoms with Gasteiger partial charge < -0.3 is 9.22 Å². The molecule has 0 N–H and O–H groups in total. The van der Waals surface area contributed by atoms with Crippen molar-refractivity contribution < 1.29 is 41.9 Å². The molecule has 27 heavy (non-hydrogen) atoms. The molecule has 1 fully saturated rings. The average molecular weight is 441 g/mol. The van der Waals surface area contributed by atoms with Gasteiger partial charge in [0.05, 0.1) is 13.1 Å². The molecule has 1 heterocycles. The van der Waals surface area contributed by atoms with Crippen LogP contribution < -0.4 is 4.74 Å². The van der Waals surface area contributed by atoms with Crippen molar-refractivity contribution in [2.75, 3.05) is 26.2 Å². The van der Waals surface area contributed by atoms with Gasteiger partial charge in [-0.15, -0.1) is 0 Å². The van der Waals surface area contributed by atoms with Crippen LogP contribution in [0.1, 0.15) is 48.8 Å². The molecule has 0 bridgehead atoms. The van der Waals surface area contributed by atoms with Crippen LogP contribution in [0.15, 0.2) is 48.5 Å². The van der Waals surface area contributed by atoms with E-state index in [0.717, 1.165) is 25.4 Å². The number of rotatable bonds is 6. The first-order chi connectivity index (χ1) is 12.7. The molecule has 2 aromatic rings. The maximum absolute atomic E-state index is 6.29. The Bertz CT molecular complexity index is 658. The van der Waals surface area contributed by atoms with E-state index in [1.54, 1.807) is 0 Å². The van der Waals surface area contributed by atoms with Crippen molar-refractivity contribution in [3.8, 4) is 5.75 Å². The van der Waals surface area contributed by atoms with E-state index in [4.69, 9.17) is 4.74 Å². The van der Waals surface area contributed by atoms with Crippen LogP contribution in [-0.2, 0) is 39.3 Å². The first-order valence-corrected chi connectivity index (χ1v) is 10.3. The second-order valence-electron chi connectivity index (χ2n) is 7.99. The summed E-state index contributed by atoms with van der Waals surface area (Å²) in [5, 5.41) is 0. The quantitative estimate of drug-likeness (QED) is 0.526. The Morgan fingerprint density at radius 2 is 1.37 bits per heavy atom. The Labute approximate surface area is 190 Å². The van der Waals surface area contributed by atoms with Crippen molar-refractivity contribution in [3.05, 3.63) is 65.2 Å². The first kappa shape index (κ1) is 22.6. The fraction of sp³-hybridized carbons (Fsp3) is 0.500. The monoisotopic (exact) mass is 441 g/mol. The molecule has 1 radical (unpaired) electrons. The van der Waals surface area contributed by atoms with Gasteiger partial charge in [0.25, 0.3) is 0 Å². The molecule has 0 atom stereocenters. The van der Waals surface area contributed by atoms with E-state index >= 15 is 0 Å². The van der Waals surface area contributed by atoms with E-state index < -0.39 is 0 Å². The second-order valence-corrected chi connectivity index (χ2v) is 7.99. The minimum Gasteiger partial charge on any atom is -0.487 e. The largest absolute Gasteiger partial charge is 0.487 e. The SMILES string of the molecule is Cc1cccc(C)c1OCC[N+]1(Cc2ccccc2)CCCCCCC1.[Y]. The third kappa shape index (κ3) is 6.70. The molecule has 1 aliphatic heterocycles. The number of para-hydroxylation sites is 1. The molecule has 0 unspecified atom stereocenters. The molecular weight excluding hydrogens is 407 g/mol. The molecule has 2 aromatic carbocycles. The molecule has 2 nitrogen and oxygen atoms in total. The molecule has 1 saturated heterocycles. The molecule has 1 aliphatic rings. The van der Waals surface area contributed by atoms with Gasteiger partial charge in [-0.25, -0.2) is 0 Å². The van der Waals surface area contributed by atoms with Crippen LogP contribution in [0.4, 0.5) is 0 Å². The molecular formula is C24H34NOY+. The smallest absolute Gasteiger partial charge is 0.137 e. The molecule has 3 rings (SSSR count). The maximum atomic E-state index is 6.29. The fourth-order valence-corrected chi connectivity index (χ4v) is 4.34. The van der Waals surface area contributed by atoms with E-state index in [0.29, 0.717) is 0 Å². The van der Waals surface area contributed by atoms with Gasteiger partial charge in [-0.1, -0.05) is 55.0 Å². The second kappa shape index (κ2) is 11.3.